The molecule has 0 aliphatic carbocycles. The molecule has 1 amide bonds. The lowest BCUT2D eigenvalue weighted by Gasteiger charge is -2.22. The second-order valence-corrected chi connectivity index (χ2v) is 2.82. The summed E-state index contributed by atoms with van der Waals surface area (Å²) in [5.74, 6) is -0.700. The molecule has 0 fully saturated rings. The van der Waals surface area contributed by atoms with E-state index < -0.39 is 12.1 Å². The number of ether oxygens (including phenoxy) is 1. The van der Waals surface area contributed by atoms with Gasteiger partial charge in [0.25, 0.3) is 0 Å². The quantitative estimate of drug-likeness (QED) is 0.480. The van der Waals surface area contributed by atoms with Crippen molar-refractivity contribution < 1.29 is 14.3 Å². The van der Waals surface area contributed by atoms with Crippen LogP contribution in [0.15, 0.2) is 0 Å². The van der Waals surface area contributed by atoms with Gasteiger partial charge in [-0.3, -0.25) is 9.69 Å². The molecule has 1 atom stereocenters. The number of amides is 1. The Morgan fingerprint density at radius 3 is 2.31 bits per heavy atom. The molecule has 0 aromatic heterocycles. The molecular weight excluding hydrogens is 172 g/mol. The molecule has 0 aromatic rings. The molecular formula is C8H16N2O3. The zero-order valence-corrected chi connectivity index (χ0v) is 8.46. The van der Waals surface area contributed by atoms with Gasteiger partial charge in [0.05, 0.1) is 6.61 Å². The number of likely N-dealkylation sites (N-methyl/N-ethyl adjacent to an activating group) is 1. The van der Waals surface area contributed by atoms with Crippen molar-refractivity contribution in [3.63, 3.8) is 0 Å². The Hall–Kier alpha value is -1.10. The van der Waals surface area contributed by atoms with E-state index in [0.29, 0.717) is 6.61 Å². The van der Waals surface area contributed by atoms with Crippen LogP contribution in [0.1, 0.15) is 13.8 Å². The summed E-state index contributed by atoms with van der Waals surface area (Å²) in [5, 5.41) is 2.48. The highest BCUT2D eigenvalue weighted by Crippen LogP contribution is 1.92. The number of carbonyl (C=O) groups excluding carboxylic acids is 2. The highest BCUT2D eigenvalue weighted by molar-refractivity contribution is 5.82. The van der Waals surface area contributed by atoms with Crippen molar-refractivity contribution in [2.75, 3.05) is 20.7 Å². The van der Waals surface area contributed by atoms with Crippen molar-refractivity contribution in [1.29, 1.82) is 0 Å². The number of esters is 1. The van der Waals surface area contributed by atoms with Gasteiger partial charge in [-0.1, -0.05) is 0 Å². The molecule has 0 rings (SSSR count). The van der Waals surface area contributed by atoms with E-state index in [0.717, 1.165) is 0 Å². The van der Waals surface area contributed by atoms with Gasteiger partial charge in [-0.15, -0.1) is 0 Å². The molecule has 76 valence electrons. The standard InChI is InChI=1S/C8H16N2O3/c1-5-13-8(12)7(10(3)4)9-6(2)11/h7H,5H2,1-4H3,(H,9,11)/t7-/m0/s1. The molecule has 0 heterocycles. The van der Waals surface area contributed by atoms with Crippen LogP contribution in [-0.4, -0.2) is 43.6 Å². The van der Waals surface area contributed by atoms with Gasteiger partial charge in [0.15, 0.2) is 6.17 Å². The second-order valence-electron chi connectivity index (χ2n) is 2.82. The predicted octanol–water partition coefficient (Wildman–Crippen LogP) is -0.427. The summed E-state index contributed by atoms with van der Waals surface area (Å²) in [5.41, 5.74) is 0. The van der Waals surface area contributed by atoms with Gasteiger partial charge < -0.3 is 10.1 Å². The van der Waals surface area contributed by atoms with Crippen molar-refractivity contribution in [2.45, 2.75) is 20.0 Å². The molecule has 0 aliphatic rings. The van der Waals surface area contributed by atoms with Crippen molar-refractivity contribution in [2.24, 2.45) is 0 Å². The van der Waals surface area contributed by atoms with Crippen LogP contribution in [0.2, 0.25) is 0 Å². The summed E-state index contributed by atoms with van der Waals surface area (Å²) in [6, 6.07) is 0. The lowest BCUT2D eigenvalue weighted by molar-refractivity contribution is -0.151. The molecule has 0 saturated carbocycles. The summed E-state index contributed by atoms with van der Waals surface area (Å²) in [6.45, 7) is 3.39. The zero-order valence-electron chi connectivity index (χ0n) is 8.46. The summed E-state index contributed by atoms with van der Waals surface area (Å²) in [4.78, 5) is 23.5. The van der Waals surface area contributed by atoms with E-state index >= 15 is 0 Å². The SMILES string of the molecule is CCOC(=O)[C@@H](NC(C)=O)N(C)C. The fourth-order valence-corrected chi connectivity index (χ4v) is 0.813. The first-order valence-corrected chi connectivity index (χ1v) is 4.09. The van der Waals surface area contributed by atoms with Crippen LogP contribution >= 0.6 is 0 Å². The minimum absolute atomic E-state index is 0.258. The maximum absolute atomic E-state index is 11.2. The molecule has 1 N–H and O–H groups in total. The van der Waals surface area contributed by atoms with Crippen LogP contribution in [0.3, 0.4) is 0 Å². The first-order valence-electron chi connectivity index (χ1n) is 4.09. The Bertz CT molecular complexity index is 192. The smallest absolute Gasteiger partial charge is 0.344 e. The topological polar surface area (TPSA) is 58.6 Å². The molecule has 0 radical (unpaired) electrons. The molecule has 0 aliphatic heterocycles. The monoisotopic (exact) mass is 188 g/mol. The van der Waals surface area contributed by atoms with Gasteiger partial charge in [0.2, 0.25) is 5.91 Å². The highest BCUT2D eigenvalue weighted by atomic mass is 16.5. The van der Waals surface area contributed by atoms with Gasteiger partial charge in [-0.25, -0.2) is 4.79 Å². The lowest BCUT2D eigenvalue weighted by Crippen LogP contribution is -2.50. The maximum Gasteiger partial charge on any atom is 0.344 e. The minimum atomic E-state index is -0.697. The van der Waals surface area contributed by atoms with E-state index in [2.05, 4.69) is 5.32 Å². The number of carbonyl (C=O) groups is 2. The van der Waals surface area contributed by atoms with E-state index in [1.165, 1.54) is 6.92 Å². The molecule has 0 bridgehead atoms. The average molecular weight is 188 g/mol. The van der Waals surface area contributed by atoms with Crippen LogP contribution in [0.4, 0.5) is 0 Å². The minimum Gasteiger partial charge on any atom is -0.463 e. The number of rotatable bonds is 4. The van der Waals surface area contributed by atoms with Crippen molar-refractivity contribution in [3.8, 4) is 0 Å². The summed E-state index contributed by atoms with van der Waals surface area (Å²) < 4.78 is 4.77. The Kier molecular flexibility index (Phi) is 5.06. The Morgan fingerprint density at radius 1 is 1.46 bits per heavy atom. The van der Waals surface area contributed by atoms with Crippen molar-refractivity contribution in [3.05, 3.63) is 0 Å². The van der Waals surface area contributed by atoms with E-state index in [-0.39, 0.29) is 5.91 Å². The molecule has 0 unspecified atom stereocenters. The number of nitrogens with one attached hydrogen (secondary N) is 1. The van der Waals surface area contributed by atoms with Crippen LogP contribution < -0.4 is 5.32 Å². The third-order valence-corrected chi connectivity index (χ3v) is 1.37. The summed E-state index contributed by atoms with van der Waals surface area (Å²) >= 11 is 0. The Balaban J connectivity index is 4.24. The van der Waals surface area contributed by atoms with E-state index in [4.69, 9.17) is 4.74 Å². The van der Waals surface area contributed by atoms with Gasteiger partial charge >= 0.3 is 5.97 Å². The Labute approximate surface area is 78.0 Å². The van der Waals surface area contributed by atoms with Crippen LogP contribution in [0, 0.1) is 0 Å². The molecule has 0 saturated heterocycles. The largest absolute Gasteiger partial charge is 0.463 e. The normalized spacial score (nSPS) is 12.4. The molecule has 13 heavy (non-hydrogen) atoms. The van der Waals surface area contributed by atoms with Crippen LogP contribution in [0.25, 0.3) is 0 Å². The molecule has 5 heteroatoms. The maximum atomic E-state index is 11.2. The van der Waals surface area contributed by atoms with Crippen LogP contribution in [-0.2, 0) is 14.3 Å². The third kappa shape index (κ3) is 4.47. The first-order chi connectivity index (χ1) is 5.99. The Morgan fingerprint density at radius 2 is 2.00 bits per heavy atom. The van der Waals surface area contributed by atoms with Gasteiger partial charge in [-0.2, -0.15) is 0 Å². The number of nitrogens with zero attached hydrogens (tertiary/aromatic N) is 1. The van der Waals surface area contributed by atoms with Gasteiger partial charge in [0.1, 0.15) is 0 Å². The summed E-state index contributed by atoms with van der Waals surface area (Å²) in [7, 11) is 3.38. The van der Waals surface area contributed by atoms with E-state index in [1.807, 2.05) is 0 Å². The van der Waals surface area contributed by atoms with Crippen molar-refractivity contribution >= 4 is 11.9 Å². The molecule has 0 spiro atoms. The lowest BCUT2D eigenvalue weighted by atomic mass is 10.4. The summed E-state index contributed by atoms with van der Waals surface area (Å²) in [6.07, 6.45) is -0.697. The highest BCUT2D eigenvalue weighted by Gasteiger charge is 2.22. The fraction of sp³-hybridized carbons (Fsp3) is 0.750. The third-order valence-electron chi connectivity index (χ3n) is 1.37. The van der Waals surface area contributed by atoms with E-state index in [9.17, 15) is 9.59 Å². The molecule has 5 nitrogen and oxygen atoms in total. The predicted molar refractivity (Wildman–Crippen MR) is 47.9 cm³/mol. The number of hydrogen-bond acceptors (Lipinski definition) is 4. The number of hydrogen-bond donors (Lipinski definition) is 1. The van der Waals surface area contributed by atoms with Crippen LogP contribution in [0.5, 0.6) is 0 Å². The van der Waals surface area contributed by atoms with Gasteiger partial charge in [0, 0.05) is 6.92 Å². The molecule has 0 aromatic carbocycles. The first kappa shape index (κ1) is 11.9. The second kappa shape index (κ2) is 5.53. The van der Waals surface area contributed by atoms with Gasteiger partial charge in [-0.05, 0) is 21.0 Å². The average Bonchev–Trinajstić information content (AvgIpc) is 1.99. The van der Waals surface area contributed by atoms with Crippen molar-refractivity contribution in [1.82, 2.24) is 10.2 Å². The van der Waals surface area contributed by atoms with E-state index in [1.54, 1.807) is 25.9 Å². The fourth-order valence-electron chi connectivity index (χ4n) is 0.813. The zero-order chi connectivity index (χ0) is 10.4.